The van der Waals surface area contributed by atoms with Crippen molar-refractivity contribution in [3.63, 3.8) is 0 Å². The van der Waals surface area contributed by atoms with E-state index >= 15 is 0 Å². The first-order chi connectivity index (χ1) is 9.31. The maximum absolute atomic E-state index is 5.80. The Hall–Kier alpha value is -0.550. The third kappa shape index (κ3) is 3.51. The molecule has 1 aromatic heterocycles. The minimum atomic E-state index is 0.482. The van der Waals surface area contributed by atoms with Crippen LogP contribution in [0.5, 0.6) is 0 Å². The number of piperazine rings is 1. The lowest BCUT2D eigenvalue weighted by Gasteiger charge is -2.40. The highest BCUT2D eigenvalue weighted by molar-refractivity contribution is 6.28. The van der Waals surface area contributed by atoms with E-state index in [2.05, 4.69) is 9.80 Å². The van der Waals surface area contributed by atoms with Gasteiger partial charge in [0.15, 0.2) is 5.22 Å². The molecule has 0 aromatic carbocycles. The third-order valence-electron chi connectivity index (χ3n) is 4.12. The zero-order valence-corrected chi connectivity index (χ0v) is 11.9. The Bertz CT molecular complexity index is 396. The van der Waals surface area contributed by atoms with Crippen LogP contribution in [0.15, 0.2) is 16.5 Å². The minimum Gasteiger partial charge on any atom is -0.448 e. The summed E-state index contributed by atoms with van der Waals surface area (Å²) in [5, 5.41) is 0.482. The number of furan rings is 1. The number of hydrogen-bond donors (Lipinski definition) is 0. The topological polar surface area (TPSA) is 28.9 Å². The number of rotatable bonds is 3. The van der Waals surface area contributed by atoms with Gasteiger partial charge >= 0.3 is 0 Å². The van der Waals surface area contributed by atoms with Crippen molar-refractivity contribution in [1.29, 1.82) is 0 Å². The van der Waals surface area contributed by atoms with Crippen molar-refractivity contribution >= 4 is 11.6 Å². The van der Waals surface area contributed by atoms with Gasteiger partial charge in [-0.1, -0.05) is 0 Å². The van der Waals surface area contributed by atoms with Crippen molar-refractivity contribution in [3.05, 3.63) is 23.1 Å². The van der Waals surface area contributed by atoms with Crippen molar-refractivity contribution in [2.24, 2.45) is 0 Å². The first kappa shape index (κ1) is 13.4. The van der Waals surface area contributed by atoms with Gasteiger partial charge in [0, 0.05) is 45.4 Å². The van der Waals surface area contributed by atoms with E-state index in [1.807, 2.05) is 12.1 Å². The lowest BCUT2D eigenvalue weighted by Crippen LogP contribution is -2.51. The van der Waals surface area contributed by atoms with Crippen LogP contribution in [-0.4, -0.2) is 55.2 Å². The Kier molecular flexibility index (Phi) is 4.43. The fourth-order valence-corrected chi connectivity index (χ4v) is 3.16. The number of ether oxygens (including phenoxy) is 1. The molecular weight excluding hydrogens is 264 g/mol. The average Bonchev–Trinajstić information content (AvgIpc) is 2.86. The predicted molar refractivity (Wildman–Crippen MR) is 74.4 cm³/mol. The maximum Gasteiger partial charge on any atom is 0.193 e. The van der Waals surface area contributed by atoms with Gasteiger partial charge in [0.05, 0.1) is 6.54 Å². The largest absolute Gasteiger partial charge is 0.448 e. The van der Waals surface area contributed by atoms with E-state index in [4.69, 9.17) is 20.8 Å². The average molecular weight is 285 g/mol. The van der Waals surface area contributed by atoms with Crippen LogP contribution in [0.1, 0.15) is 18.6 Å². The molecule has 0 atom stereocenters. The molecule has 2 saturated heterocycles. The summed E-state index contributed by atoms with van der Waals surface area (Å²) in [5.41, 5.74) is 0. The van der Waals surface area contributed by atoms with Gasteiger partial charge in [-0.2, -0.15) is 0 Å². The molecule has 0 saturated carbocycles. The maximum atomic E-state index is 5.80. The Balaban J connectivity index is 1.46. The van der Waals surface area contributed by atoms with Gasteiger partial charge in [-0.15, -0.1) is 0 Å². The first-order valence-corrected chi connectivity index (χ1v) is 7.47. The molecule has 0 unspecified atom stereocenters. The van der Waals surface area contributed by atoms with E-state index in [1.54, 1.807) is 0 Å². The van der Waals surface area contributed by atoms with Crippen LogP contribution < -0.4 is 0 Å². The first-order valence-electron chi connectivity index (χ1n) is 7.09. The molecule has 0 spiro atoms. The lowest BCUT2D eigenvalue weighted by atomic mass is 10.1. The quantitative estimate of drug-likeness (QED) is 0.851. The molecule has 4 nitrogen and oxygen atoms in total. The smallest absolute Gasteiger partial charge is 0.193 e. The second-order valence-electron chi connectivity index (χ2n) is 5.36. The van der Waals surface area contributed by atoms with Crippen molar-refractivity contribution in [2.45, 2.75) is 25.4 Å². The van der Waals surface area contributed by atoms with Crippen LogP contribution in [0.25, 0.3) is 0 Å². The number of halogens is 1. The molecule has 2 aliphatic heterocycles. The molecule has 0 N–H and O–H groups in total. The Morgan fingerprint density at radius 3 is 2.47 bits per heavy atom. The van der Waals surface area contributed by atoms with Gasteiger partial charge in [0.1, 0.15) is 5.76 Å². The molecule has 5 heteroatoms. The molecule has 0 radical (unpaired) electrons. The summed E-state index contributed by atoms with van der Waals surface area (Å²) in [6, 6.07) is 4.51. The molecule has 3 rings (SSSR count). The summed E-state index contributed by atoms with van der Waals surface area (Å²) in [5.74, 6) is 0.963. The van der Waals surface area contributed by atoms with Gasteiger partial charge in [-0.05, 0) is 36.6 Å². The summed E-state index contributed by atoms with van der Waals surface area (Å²) in [6.07, 6.45) is 2.38. The molecule has 106 valence electrons. The minimum absolute atomic E-state index is 0.482. The summed E-state index contributed by atoms with van der Waals surface area (Å²) in [6.45, 7) is 7.24. The van der Waals surface area contributed by atoms with Crippen molar-refractivity contribution in [3.8, 4) is 0 Å². The molecule has 1 aromatic rings. The molecule has 0 aliphatic carbocycles. The molecule has 19 heavy (non-hydrogen) atoms. The van der Waals surface area contributed by atoms with E-state index < -0.39 is 0 Å². The molecule has 0 bridgehead atoms. The molecule has 0 amide bonds. The molecular formula is C14H21ClN2O2. The zero-order chi connectivity index (χ0) is 13.1. The fraction of sp³-hybridized carbons (Fsp3) is 0.714. The van der Waals surface area contributed by atoms with Crippen molar-refractivity contribution in [1.82, 2.24) is 9.80 Å². The Labute approximate surface area is 119 Å². The Morgan fingerprint density at radius 1 is 1.11 bits per heavy atom. The van der Waals surface area contributed by atoms with Crippen LogP contribution in [0, 0.1) is 0 Å². The Morgan fingerprint density at radius 2 is 1.84 bits per heavy atom. The highest BCUT2D eigenvalue weighted by atomic mass is 35.5. The second kappa shape index (κ2) is 6.27. The van der Waals surface area contributed by atoms with Crippen LogP contribution >= 0.6 is 11.6 Å². The summed E-state index contributed by atoms with van der Waals surface area (Å²) < 4.78 is 10.9. The second-order valence-corrected chi connectivity index (χ2v) is 5.73. The highest BCUT2D eigenvalue weighted by Crippen LogP contribution is 2.19. The summed E-state index contributed by atoms with van der Waals surface area (Å²) in [7, 11) is 0. The SMILES string of the molecule is Clc1ccc(CN2CCN(C3CCOCC3)CC2)o1. The molecule has 2 fully saturated rings. The standard InChI is InChI=1S/C14H21ClN2O2/c15-14-2-1-13(19-14)11-16-5-7-17(8-6-16)12-3-9-18-10-4-12/h1-2,12H,3-11H2. The van der Waals surface area contributed by atoms with E-state index in [0.717, 1.165) is 57.7 Å². The van der Waals surface area contributed by atoms with Gasteiger partial charge in [-0.3, -0.25) is 9.80 Å². The molecule has 3 heterocycles. The van der Waals surface area contributed by atoms with E-state index in [9.17, 15) is 0 Å². The number of nitrogens with zero attached hydrogens (tertiary/aromatic N) is 2. The van der Waals surface area contributed by atoms with Crippen LogP contribution in [-0.2, 0) is 11.3 Å². The third-order valence-corrected chi connectivity index (χ3v) is 4.33. The van der Waals surface area contributed by atoms with E-state index in [1.165, 1.54) is 12.8 Å². The fourth-order valence-electron chi connectivity index (χ4n) is 2.99. The monoisotopic (exact) mass is 284 g/mol. The molecule has 2 aliphatic rings. The number of hydrogen-bond acceptors (Lipinski definition) is 4. The lowest BCUT2D eigenvalue weighted by molar-refractivity contribution is 0.0117. The van der Waals surface area contributed by atoms with Crippen LogP contribution in [0.3, 0.4) is 0 Å². The van der Waals surface area contributed by atoms with Gasteiger partial charge in [0.25, 0.3) is 0 Å². The summed E-state index contributed by atoms with van der Waals surface area (Å²) >= 11 is 5.80. The van der Waals surface area contributed by atoms with Gasteiger partial charge < -0.3 is 9.15 Å². The summed E-state index contributed by atoms with van der Waals surface area (Å²) in [4.78, 5) is 5.05. The van der Waals surface area contributed by atoms with Crippen LogP contribution in [0.4, 0.5) is 0 Å². The van der Waals surface area contributed by atoms with Gasteiger partial charge in [-0.25, -0.2) is 0 Å². The normalized spacial score (nSPS) is 23.8. The van der Waals surface area contributed by atoms with Crippen molar-refractivity contribution < 1.29 is 9.15 Å². The predicted octanol–water partition coefficient (Wildman–Crippen LogP) is 2.23. The van der Waals surface area contributed by atoms with Gasteiger partial charge in [0.2, 0.25) is 0 Å². The van der Waals surface area contributed by atoms with Crippen LogP contribution in [0.2, 0.25) is 5.22 Å². The highest BCUT2D eigenvalue weighted by Gasteiger charge is 2.25. The zero-order valence-electron chi connectivity index (χ0n) is 11.2. The van der Waals surface area contributed by atoms with E-state index in [-0.39, 0.29) is 0 Å². The van der Waals surface area contributed by atoms with Crippen molar-refractivity contribution in [2.75, 3.05) is 39.4 Å². The van der Waals surface area contributed by atoms with E-state index in [0.29, 0.717) is 5.22 Å².